The number of carboxylic acids is 1. The van der Waals surface area contributed by atoms with Crippen LogP contribution >= 0.6 is 0 Å². The van der Waals surface area contributed by atoms with Gasteiger partial charge in [-0.05, 0) is 52.8 Å². The first-order chi connectivity index (χ1) is 9.87. The first kappa shape index (κ1) is 15.8. The van der Waals surface area contributed by atoms with Crippen molar-refractivity contribution in [2.75, 3.05) is 20.2 Å². The van der Waals surface area contributed by atoms with Gasteiger partial charge in [0, 0.05) is 11.6 Å². The summed E-state index contributed by atoms with van der Waals surface area (Å²) in [5, 5.41) is 9.32. The number of piperidine rings is 1. The summed E-state index contributed by atoms with van der Waals surface area (Å²) in [6.45, 7) is 7.71. The predicted molar refractivity (Wildman–Crippen MR) is 82.7 cm³/mol. The van der Waals surface area contributed by atoms with Crippen LogP contribution < -0.4 is 4.74 Å². The van der Waals surface area contributed by atoms with Gasteiger partial charge >= 0.3 is 5.97 Å². The molecule has 0 saturated carbocycles. The summed E-state index contributed by atoms with van der Waals surface area (Å²) in [5.74, 6) is 0.225. The number of carbonyl (C=O) groups is 1. The number of aryl methyl sites for hydroxylation is 1. The van der Waals surface area contributed by atoms with Gasteiger partial charge in [-0.3, -0.25) is 9.69 Å². The van der Waals surface area contributed by atoms with E-state index in [1.807, 2.05) is 19.1 Å². The maximum atomic E-state index is 11.3. The Kier molecular flexibility index (Phi) is 4.57. The lowest BCUT2D eigenvalue weighted by molar-refractivity contribution is -0.151. The topological polar surface area (TPSA) is 49.8 Å². The summed E-state index contributed by atoms with van der Waals surface area (Å²) < 4.78 is 5.47. The molecule has 0 radical (unpaired) electrons. The monoisotopic (exact) mass is 291 g/mol. The van der Waals surface area contributed by atoms with Crippen LogP contribution in [-0.2, 0) is 4.79 Å². The number of rotatable bonds is 4. The highest BCUT2D eigenvalue weighted by Gasteiger charge is 2.38. The Morgan fingerprint density at radius 2 is 2.00 bits per heavy atom. The Morgan fingerprint density at radius 3 is 2.52 bits per heavy atom. The van der Waals surface area contributed by atoms with E-state index in [2.05, 4.69) is 24.8 Å². The molecule has 21 heavy (non-hydrogen) atoms. The van der Waals surface area contributed by atoms with Crippen molar-refractivity contribution in [2.24, 2.45) is 5.41 Å². The third kappa shape index (κ3) is 3.21. The summed E-state index contributed by atoms with van der Waals surface area (Å²) >= 11 is 0. The van der Waals surface area contributed by atoms with Gasteiger partial charge in [-0.15, -0.1) is 0 Å². The van der Waals surface area contributed by atoms with E-state index in [1.54, 1.807) is 7.11 Å². The van der Waals surface area contributed by atoms with Gasteiger partial charge in [0.15, 0.2) is 0 Å². The van der Waals surface area contributed by atoms with Gasteiger partial charge in [0.05, 0.1) is 12.5 Å². The molecular weight excluding hydrogens is 266 g/mol. The fourth-order valence-electron chi connectivity index (χ4n) is 3.00. The maximum Gasteiger partial charge on any atom is 0.309 e. The van der Waals surface area contributed by atoms with Crippen LogP contribution in [0.25, 0.3) is 0 Å². The van der Waals surface area contributed by atoms with Gasteiger partial charge in [0.1, 0.15) is 5.75 Å². The molecule has 1 N–H and O–H groups in total. The van der Waals surface area contributed by atoms with Crippen molar-refractivity contribution in [3.63, 3.8) is 0 Å². The molecule has 0 spiro atoms. The number of nitrogens with zero attached hydrogens (tertiary/aromatic N) is 1. The smallest absolute Gasteiger partial charge is 0.309 e. The van der Waals surface area contributed by atoms with E-state index in [4.69, 9.17) is 4.74 Å². The Balaban J connectivity index is 2.14. The van der Waals surface area contributed by atoms with Crippen LogP contribution in [0.15, 0.2) is 18.2 Å². The van der Waals surface area contributed by atoms with Crippen molar-refractivity contribution in [1.29, 1.82) is 0 Å². The fraction of sp³-hybridized carbons (Fsp3) is 0.588. The van der Waals surface area contributed by atoms with E-state index in [-0.39, 0.29) is 6.04 Å². The Hall–Kier alpha value is -1.55. The van der Waals surface area contributed by atoms with Crippen molar-refractivity contribution < 1.29 is 14.6 Å². The summed E-state index contributed by atoms with van der Waals surface area (Å²) in [6.07, 6.45) is 1.39. The van der Waals surface area contributed by atoms with Crippen molar-refractivity contribution in [3.05, 3.63) is 29.3 Å². The van der Waals surface area contributed by atoms with Gasteiger partial charge in [-0.25, -0.2) is 0 Å². The van der Waals surface area contributed by atoms with Crippen molar-refractivity contribution in [2.45, 2.75) is 39.7 Å². The van der Waals surface area contributed by atoms with E-state index in [0.29, 0.717) is 12.8 Å². The molecule has 1 unspecified atom stereocenters. The zero-order valence-electron chi connectivity index (χ0n) is 13.3. The van der Waals surface area contributed by atoms with Crippen LogP contribution in [0.1, 0.15) is 43.9 Å². The normalized spacial score (nSPS) is 20.0. The third-order valence-corrected chi connectivity index (χ3v) is 4.80. The quantitative estimate of drug-likeness (QED) is 0.925. The van der Waals surface area contributed by atoms with Crippen LogP contribution in [0.3, 0.4) is 0 Å². The number of aliphatic carboxylic acids is 1. The summed E-state index contributed by atoms with van der Waals surface area (Å²) in [6, 6.07) is 6.45. The van der Waals surface area contributed by atoms with Crippen molar-refractivity contribution >= 4 is 5.97 Å². The van der Waals surface area contributed by atoms with Gasteiger partial charge in [-0.2, -0.15) is 0 Å². The van der Waals surface area contributed by atoms with Crippen molar-refractivity contribution in [3.8, 4) is 5.75 Å². The molecule has 1 aliphatic heterocycles. The third-order valence-electron chi connectivity index (χ3n) is 4.80. The van der Waals surface area contributed by atoms with Gasteiger partial charge in [-0.1, -0.05) is 17.7 Å². The number of carboxylic acid groups (broad SMARTS) is 1. The van der Waals surface area contributed by atoms with Crippen LogP contribution in [0.2, 0.25) is 0 Å². The van der Waals surface area contributed by atoms with E-state index in [9.17, 15) is 9.90 Å². The first-order valence-electron chi connectivity index (χ1n) is 7.49. The van der Waals surface area contributed by atoms with E-state index >= 15 is 0 Å². The highest BCUT2D eigenvalue weighted by Crippen LogP contribution is 2.37. The molecule has 1 fully saturated rings. The average Bonchev–Trinajstić information content (AvgIpc) is 2.47. The zero-order chi connectivity index (χ0) is 15.6. The molecule has 0 aliphatic carbocycles. The molecule has 1 atom stereocenters. The molecule has 4 heteroatoms. The van der Waals surface area contributed by atoms with E-state index in [0.717, 1.165) is 18.8 Å². The van der Waals surface area contributed by atoms with Crippen LogP contribution in [0.5, 0.6) is 5.75 Å². The number of methoxy groups -OCH3 is 1. The maximum absolute atomic E-state index is 11.3. The molecule has 1 aromatic carbocycles. The van der Waals surface area contributed by atoms with E-state index in [1.165, 1.54) is 11.1 Å². The lowest BCUT2D eigenvalue weighted by atomic mass is 9.80. The second-order valence-electron chi connectivity index (χ2n) is 6.32. The molecule has 0 amide bonds. The minimum Gasteiger partial charge on any atom is -0.496 e. The Morgan fingerprint density at radius 1 is 1.38 bits per heavy atom. The molecule has 0 bridgehead atoms. The molecule has 4 nitrogen and oxygen atoms in total. The average molecular weight is 291 g/mol. The number of likely N-dealkylation sites (tertiary alicyclic amines) is 1. The highest BCUT2D eigenvalue weighted by atomic mass is 16.5. The predicted octanol–water partition coefficient (Wildman–Crippen LogP) is 3.25. The van der Waals surface area contributed by atoms with Gasteiger partial charge < -0.3 is 9.84 Å². The Bertz CT molecular complexity index is 519. The summed E-state index contributed by atoms with van der Waals surface area (Å²) in [7, 11) is 1.69. The minimum absolute atomic E-state index is 0.234. The Labute approximate surface area is 126 Å². The second kappa shape index (κ2) is 6.06. The summed E-state index contributed by atoms with van der Waals surface area (Å²) in [5.41, 5.74) is 1.81. The summed E-state index contributed by atoms with van der Waals surface area (Å²) in [4.78, 5) is 13.7. The molecule has 0 aromatic heterocycles. The van der Waals surface area contributed by atoms with Gasteiger partial charge in [0.2, 0.25) is 0 Å². The number of benzene rings is 1. The number of ether oxygens (including phenoxy) is 1. The molecular formula is C17H25NO3. The molecule has 1 aliphatic rings. The van der Waals surface area contributed by atoms with Crippen LogP contribution in [0, 0.1) is 12.3 Å². The SMILES string of the molecule is COc1ccc(C)cc1C(C)N1CCC(C)(C(=O)O)CC1. The van der Waals surface area contributed by atoms with Crippen molar-refractivity contribution in [1.82, 2.24) is 4.90 Å². The van der Waals surface area contributed by atoms with Crippen LogP contribution in [0.4, 0.5) is 0 Å². The molecule has 1 aromatic rings. The number of hydrogen-bond donors (Lipinski definition) is 1. The van der Waals surface area contributed by atoms with E-state index < -0.39 is 11.4 Å². The zero-order valence-corrected chi connectivity index (χ0v) is 13.3. The number of hydrogen-bond acceptors (Lipinski definition) is 3. The molecule has 2 rings (SSSR count). The molecule has 116 valence electrons. The second-order valence-corrected chi connectivity index (χ2v) is 6.32. The first-order valence-corrected chi connectivity index (χ1v) is 7.49. The lowest BCUT2D eigenvalue weighted by Gasteiger charge is -2.40. The minimum atomic E-state index is -0.678. The van der Waals surface area contributed by atoms with Gasteiger partial charge in [0.25, 0.3) is 0 Å². The molecule has 1 heterocycles. The molecule has 1 saturated heterocycles. The fourth-order valence-corrected chi connectivity index (χ4v) is 3.00. The highest BCUT2D eigenvalue weighted by molar-refractivity contribution is 5.74. The lowest BCUT2D eigenvalue weighted by Crippen LogP contribution is -2.43. The van der Waals surface area contributed by atoms with Crippen LogP contribution in [-0.4, -0.2) is 36.2 Å². The standard InChI is InChI=1S/C17H25NO3/c1-12-5-6-15(21-4)14(11-12)13(2)18-9-7-17(3,8-10-18)16(19)20/h5-6,11,13H,7-10H2,1-4H3,(H,19,20). The largest absolute Gasteiger partial charge is 0.496 e.